The number of pyridine rings is 1. The molecule has 2 aliphatic heterocycles. The third-order valence-corrected chi connectivity index (χ3v) is 4.93. The zero-order valence-corrected chi connectivity index (χ0v) is 14.7. The van der Waals surface area contributed by atoms with E-state index in [4.69, 9.17) is 0 Å². The van der Waals surface area contributed by atoms with Crippen molar-refractivity contribution < 1.29 is 19.2 Å². The van der Waals surface area contributed by atoms with Crippen LogP contribution in [0.1, 0.15) is 46.2 Å². The van der Waals surface area contributed by atoms with E-state index in [0.29, 0.717) is 29.9 Å². The van der Waals surface area contributed by atoms with E-state index in [1.807, 2.05) is 12.1 Å². The molecule has 1 aromatic heterocycles. The number of benzene rings is 1. The molecule has 0 radical (unpaired) electrons. The van der Waals surface area contributed by atoms with Gasteiger partial charge < -0.3 is 4.90 Å². The number of hydrogen-bond donors (Lipinski definition) is 1. The van der Waals surface area contributed by atoms with Gasteiger partial charge in [0.1, 0.15) is 11.7 Å². The normalized spacial score (nSPS) is 19.1. The van der Waals surface area contributed by atoms with Crippen molar-refractivity contribution in [2.24, 2.45) is 0 Å². The molecular formula is C20H17N3O4. The molecule has 1 N–H and O–H groups in total. The second kappa shape index (κ2) is 6.42. The number of carbonyl (C=O) groups excluding carboxylic acids is 4. The predicted molar refractivity (Wildman–Crippen MR) is 95.7 cm³/mol. The van der Waals surface area contributed by atoms with Crippen LogP contribution in [0.2, 0.25) is 0 Å². The lowest BCUT2D eigenvalue weighted by atomic mass is 10.0. The summed E-state index contributed by atoms with van der Waals surface area (Å²) in [6.07, 6.45) is 0.559. The van der Waals surface area contributed by atoms with Crippen LogP contribution in [0.4, 0.5) is 0 Å². The monoisotopic (exact) mass is 363 g/mol. The van der Waals surface area contributed by atoms with Crippen LogP contribution in [0, 0.1) is 0 Å². The van der Waals surface area contributed by atoms with Crippen molar-refractivity contribution in [1.29, 1.82) is 0 Å². The van der Waals surface area contributed by atoms with Gasteiger partial charge in [-0.2, -0.15) is 0 Å². The van der Waals surface area contributed by atoms with E-state index in [0.717, 1.165) is 11.1 Å². The fourth-order valence-corrected chi connectivity index (χ4v) is 3.53. The number of piperidine rings is 1. The van der Waals surface area contributed by atoms with Crippen LogP contribution in [-0.4, -0.2) is 39.4 Å². The topological polar surface area (TPSA) is 96.4 Å². The standard InChI is InChI=1S/C20H17N3O4/c1-11(24)15-3-2-4-16(21-15)12-5-6-14-13(9-12)10-23(20(14)27)17-7-8-18(25)22-19(17)26/h2-6,9,17H,7-8,10H2,1H3,(H,22,25,26). The predicted octanol–water partition coefficient (Wildman–Crippen LogP) is 1.71. The van der Waals surface area contributed by atoms with Crippen LogP contribution in [0.15, 0.2) is 36.4 Å². The first-order valence-corrected chi connectivity index (χ1v) is 8.70. The van der Waals surface area contributed by atoms with Crippen molar-refractivity contribution in [2.45, 2.75) is 32.4 Å². The number of ketones is 1. The fraction of sp³-hybridized carbons (Fsp3) is 0.250. The molecule has 0 bridgehead atoms. The van der Waals surface area contributed by atoms with Gasteiger partial charge in [-0.15, -0.1) is 0 Å². The molecule has 1 unspecified atom stereocenters. The molecular weight excluding hydrogens is 346 g/mol. The van der Waals surface area contributed by atoms with Crippen LogP contribution < -0.4 is 5.32 Å². The van der Waals surface area contributed by atoms with Crippen LogP contribution in [0.5, 0.6) is 0 Å². The van der Waals surface area contributed by atoms with E-state index < -0.39 is 11.9 Å². The summed E-state index contributed by atoms with van der Waals surface area (Å²) in [5.74, 6) is -1.06. The van der Waals surface area contributed by atoms with Crippen LogP contribution in [0.3, 0.4) is 0 Å². The average molecular weight is 363 g/mol. The average Bonchev–Trinajstić information content (AvgIpc) is 2.98. The molecule has 0 spiro atoms. The van der Waals surface area contributed by atoms with E-state index in [1.165, 1.54) is 11.8 Å². The maximum atomic E-state index is 12.7. The molecule has 1 fully saturated rings. The molecule has 0 aliphatic carbocycles. The molecule has 7 nitrogen and oxygen atoms in total. The van der Waals surface area contributed by atoms with Crippen LogP contribution >= 0.6 is 0 Å². The van der Waals surface area contributed by atoms with Gasteiger partial charge in [-0.05, 0) is 36.2 Å². The van der Waals surface area contributed by atoms with E-state index >= 15 is 0 Å². The summed E-state index contributed by atoms with van der Waals surface area (Å²) in [5, 5.41) is 2.29. The highest BCUT2D eigenvalue weighted by Crippen LogP contribution is 2.30. The first-order valence-electron chi connectivity index (χ1n) is 8.70. The maximum Gasteiger partial charge on any atom is 0.255 e. The van der Waals surface area contributed by atoms with Gasteiger partial charge in [0.15, 0.2) is 5.78 Å². The van der Waals surface area contributed by atoms with Crippen molar-refractivity contribution in [3.8, 4) is 11.3 Å². The van der Waals surface area contributed by atoms with Crippen molar-refractivity contribution in [3.63, 3.8) is 0 Å². The molecule has 2 aromatic rings. The third kappa shape index (κ3) is 3.01. The highest BCUT2D eigenvalue weighted by atomic mass is 16.2. The molecule has 3 heterocycles. The minimum Gasteiger partial charge on any atom is -0.322 e. The number of carbonyl (C=O) groups is 4. The van der Waals surface area contributed by atoms with Gasteiger partial charge >= 0.3 is 0 Å². The Bertz CT molecular complexity index is 998. The molecule has 27 heavy (non-hydrogen) atoms. The number of nitrogens with one attached hydrogen (secondary N) is 1. The Kier molecular flexibility index (Phi) is 4.07. The Balaban J connectivity index is 1.63. The molecule has 0 saturated carbocycles. The summed E-state index contributed by atoms with van der Waals surface area (Å²) in [6, 6.07) is 9.98. The van der Waals surface area contributed by atoms with Crippen molar-refractivity contribution in [3.05, 3.63) is 53.2 Å². The number of aromatic nitrogens is 1. The zero-order chi connectivity index (χ0) is 19.1. The highest BCUT2D eigenvalue weighted by molar-refractivity contribution is 6.05. The first-order chi connectivity index (χ1) is 12.9. The summed E-state index contributed by atoms with van der Waals surface area (Å²) in [7, 11) is 0. The summed E-state index contributed by atoms with van der Waals surface area (Å²) < 4.78 is 0. The van der Waals surface area contributed by atoms with Gasteiger partial charge in [0.25, 0.3) is 5.91 Å². The first kappa shape index (κ1) is 17.1. The van der Waals surface area contributed by atoms with Gasteiger partial charge in [0.2, 0.25) is 11.8 Å². The fourth-order valence-electron chi connectivity index (χ4n) is 3.53. The molecule has 3 amide bonds. The Hall–Kier alpha value is -3.35. The minimum atomic E-state index is -0.634. The summed E-state index contributed by atoms with van der Waals surface area (Å²) in [4.78, 5) is 53.6. The lowest BCUT2D eigenvalue weighted by Gasteiger charge is -2.29. The van der Waals surface area contributed by atoms with Gasteiger partial charge in [0.05, 0.1) is 5.69 Å². The number of nitrogens with zero attached hydrogens (tertiary/aromatic N) is 2. The van der Waals surface area contributed by atoms with Crippen molar-refractivity contribution >= 4 is 23.5 Å². The molecule has 1 aromatic carbocycles. The SMILES string of the molecule is CC(=O)c1cccc(-c2ccc3c(c2)CN(C2CCC(=O)NC2=O)C3=O)n1. The lowest BCUT2D eigenvalue weighted by molar-refractivity contribution is -0.136. The highest BCUT2D eigenvalue weighted by Gasteiger charge is 2.39. The Morgan fingerprint density at radius 3 is 2.74 bits per heavy atom. The number of hydrogen-bond acceptors (Lipinski definition) is 5. The number of Topliss-reactive ketones (excluding diaryl/α,β-unsaturated/α-hetero) is 1. The molecule has 2 aliphatic rings. The number of amides is 3. The molecule has 136 valence electrons. The third-order valence-electron chi connectivity index (χ3n) is 4.93. The van der Waals surface area contributed by atoms with Crippen molar-refractivity contribution in [2.75, 3.05) is 0 Å². The van der Waals surface area contributed by atoms with Crippen molar-refractivity contribution in [1.82, 2.24) is 15.2 Å². The van der Waals surface area contributed by atoms with Crippen LogP contribution in [0.25, 0.3) is 11.3 Å². The van der Waals surface area contributed by atoms with E-state index in [9.17, 15) is 19.2 Å². The number of fused-ring (bicyclic) bond motifs is 1. The van der Waals surface area contributed by atoms with E-state index in [-0.39, 0.29) is 24.0 Å². The molecule has 7 heteroatoms. The van der Waals surface area contributed by atoms with Gasteiger partial charge in [-0.3, -0.25) is 24.5 Å². The van der Waals surface area contributed by atoms with Gasteiger partial charge in [0, 0.05) is 31.0 Å². The summed E-state index contributed by atoms with van der Waals surface area (Å²) in [6.45, 7) is 1.77. The quantitative estimate of drug-likeness (QED) is 0.661. The Morgan fingerprint density at radius 1 is 1.19 bits per heavy atom. The second-order valence-corrected chi connectivity index (χ2v) is 6.74. The zero-order valence-electron chi connectivity index (χ0n) is 14.7. The Morgan fingerprint density at radius 2 is 2.00 bits per heavy atom. The number of rotatable bonds is 3. The molecule has 1 atom stereocenters. The molecule has 4 rings (SSSR count). The van der Waals surface area contributed by atoms with Gasteiger partial charge in [-0.25, -0.2) is 4.98 Å². The van der Waals surface area contributed by atoms with E-state index in [1.54, 1.807) is 24.3 Å². The lowest BCUT2D eigenvalue weighted by Crippen LogP contribution is -2.52. The minimum absolute atomic E-state index is 0.114. The van der Waals surface area contributed by atoms with E-state index in [2.05, 4.69) is 10.3 Å². The Labute approximate surface area is 155 Å². The smallest absolute Gasteiger partial charge is 0.255 e. The summed E-state index contributed by atoms with van der Waals surface area (Å²) in [5.41, 5.74) is 3.19. The van der Waals surface area contributed by atoms with Crippen LogP contribution in [-0.2, 0) is 16.1 Å². The largest absolute Gasteiger partial charge is 0.322 e. The summed E-state index contributed by atoms with van der Waals surface area (Å²) >= 11 is 0. The second-order valence-electron chi connectivity index (χ2n) is 6.74. The molecule has 1 saturated heterocycles. The number of imide groups is 1. The maximum absolute atomic E-state index is 12.7. The van der Waals surface area contributed by atoms with Gasteiger partial charge in [-0.1, -0.05) is 12.1 Å².